The Labute approximate surface area is 168 Å². The molecular weight excluding hydrogens is 378 g/mol. The van der Waals surface area contributed by atoms with Crippen molar-refractivity contribution in [2.75, 3.05) is 44.0 Å². The molecule has 1 fully saturated rings. The van der Waals surface area contributed by atoms with E-state index in [1.165, 1.54) is 6.92 Å². The van der Waals surface area contributed by atoms with Gasteiger partial charge in [-0.05, 0) is 24.9 Å². The van der Waals surface area contributed by atoms with E-state index in [9.17, 15) is 9.90 Å². The molecule has 2 heterocycles. The number of aliphatic imine (C=N–C) groups is 1. The van der Waals surface area contributed by atoms with Gasteiger partial charge in [-0.15, -0.1) is 0 Å². The van der Waals surface area contributed by atoms with Gasteiger partial charge in [0.25, 0.3) is 6.20 Å². The SMILES string of the molecule is CC(=O)SCC(Cc1ccccc1)C([O-])=Nc1c[n+](N2CCN(C)CC2)no1. The van der Waals surface area contributed by atoms with Crippen molar-refractivity contribution in [2.45, 2.75) is 13.3 Å². The number of hydrogen-bond acceptors (Lipinski definition) is 8. The third-order valence-corrected chi connectivity index (χ3v) is 5.57. The van der Waals surface area contributed by atoms with Crippen LogP contribution in [0.5, 0.6) is 0 Å². The second-order valence-corrected chi connectivity index (χ2v) is 8.05. The summed E-state index contributed by atoms with van der Waals surface area (Å²) in [6.07, 6.45) is 2.15. The number of nitrogens with zero attached hydrogens (tertiary/aromatic N) is 5. The molecule has 8 nitrogen and oxygen atoms in total. The largest absolute Gasteiger partial charge is 0.861 e. The molecular formula is C19H25N5O3S. The second kappa shape index (κ2) is 9.70. The number of carbonyl (C=O) groups excluding carboxylic acids is 1. The Hall–Kier alpha value is -2.39. The van der Waals surface area contributed by atoms with Crippen molar-refractivity contribution in [2.24, 2.45) is 10.9 Å². The number of likely N-dealkylation sites (N-methyl/N-ethyl adjacent to an activating group) is 1. The first-order valence-electron chi connectivity index (χ1n) is 9.26. The molecule has 1 aliphatic rings. The molecule has 0 aliphatic carbocycles. The van der Waals surface area contributed by atoms with Crippen LogP contribution in [-0.2, 0) is 11.2 Å². The maximum absolute atomic E-state index is 12.7. The summed E-state index contributed by atoms with van der Waals surface area (Å²) in [5, 5.41) is 18.8. The van der Waals surface area contributed by atoms with E-state index in [4.69, 9.17) is 4.52 Å². The number of piperazine rings is 1. The van der Waals surface area contributed by atoms with Crippen molar-refractivity contribution >= 4 is 28.7 Å². The highest BCUT2D eigenvalue weighted by molar-refractivity contribution is 8.13. The Morgan fingerprint density at radius 1 is 1.32 bits per heavy atom. The summed E-state index contributed by atoms with van der Waals surface area (Å²) in [6, 6.07) is 9.73. The summed E-state index contributed by atoms with van der Waals surface area (Å²) < 4.78 is 5.24. The van der Waals surface area contributed by atoms with Crippen LogP contribution in [0.3, 0.4) is 0 Å². The van der Waals surface area contributed by atoms with Crippen molar-refractivity contribution in [1.29, 1.82) is 0 Å². The molecule has 28 heavy (non-hydrogen) atoms. The molecule has 0 saturated carbocycles. The minimum Gasteiger partial charge on any atom is -0.861 e. The smallest absolute Gasteiger partial charge is 0.324 e. The topological polar surface area (TPSA) is 88.9 Å². The molecule has 0 bridgehead atoms. The fourth-order valence-electron chi connectivity index (χ4n) is 2.95. The minimum absolute atomic E-state index is 0.0153. The molecule has 3 rings (SSSR count). The number of hydrogen-bond donors (Lipinski definition) is 0. The van der Waals surface area contributed by atoms with Crippen LogP contribution in [0.2, 0.25) is 0 Å². The van der Waals surface area contributed by atoms with Gasteiger partial charge in [0.15, 0.2) is 5.12 Å². The van der Waals surface area contributed by atoms with Gasteiger partial charge in [0, 0.05) is 31.7 Å². The van der Waals surface area contributed by atoms with Gasteiger partial charge in [-0.25, -0.2) is 4.99 Å². The average Bonchev–Trinajstić information content (AvgIpc) is 3.14. The van der Waals surface area contributed by atoms with Crippen LogP contribution in [0.1, 0.15) is 12.5 Å². The van der Waals surface area contributed by atoms with Gasteiger partial charge in [0.2, 0.25) is 5.27 Å². The van der Waals surface area contributed by atoms with E-state index < -0.39 is 5.92 Å². The molecule has 0 spiro atoms. The van der Waals surface area contributed by atoms with Crippen molar-refractivity contribution in [3.05, 3.63) is 42.1 Å². The lowest BCUT2D eigenvalue weighted by Gasteiger charge is -2.26. The number of thioether (sulfide) groups is 1. The summed E-state index contributed by atoms with van der Waals surface area (Å²) in [4.78, 5) is 19.3. The predicted octanol–water partition coefficient (Wildman–Crippen LogP) is 0.374. The van der Waals surface area contributed by atoms with E-state index in [-0.39, 0.29) is 16.9 Å². The Bertz CT molecular complexity index is 803. The number of benzene rings is 1. The first-order valence-corrected chi connectivity index (χ1v) is 10.2. The number of rotatable bonds is 7. The Kier molecular flexibility index (Phi) is 7.05. The van der Waals surface area contributed by atoms with Crippen molar-refractivity contribution in [3.63, 3.8) is 0 Å². The molecule has 1 saturated heterocycles. The van der Waals surface area contributed by atoms with E-state index in [0.717, 1.165) is 43.5 Å². The molecule has 1 aromatic carbocycles. The standard InChI is InChI=1S/C19H25N5O3S/c1-15(25)28-14-17(12-16-6-4-3-5-7-16)19(26)20-18-13-24(21-27-18)23-10-8-22(2)9-11-23/h3-7,13,17H,8-12,14H2,1-2H3. The first kappa shape index (κ1) is 20.3. The van der Waals surface area contributed by atoms with E-state index in [1.54, 1.807) is 11.0 Å². The lowest BCUT2D eigenvalue weighted by atomic mass is 10.0. The van der Waals surface area contributed by atoms with E-state index in [0.29, 0.717) is 12.2 Å². The van der Waals surface area contributed by atoms with Crippen LogP contribution in [0.4, 0.5) is 5.88 Å². The minimum atomic E-state index is -0.404. The third kappa shape index (κ3) is 5.80. The molecule has 1 aliphatic heterocycles. The number of carbonyl (C=O) groups is 1. The second-order valence-electron chi connectivity index (χ2n) is 6.86. The van der Waals surface area contributed by atoms with Gasteiger partial charge >= 0.3 is 5.88 Å². The van der Waals surface area contributed by atoms with Crippen molar-refractivity contribution in [3.8, 4) is 0 Å². The molecule has 1 atom stereocenters. The molecule has 0 amide bonds. The maximum atomic E-state index is 12.7. The molecule has 9 heteroatoms. The van der Waals surface area contributed by atoms with E-state index >= 15 is 0 Å². The zero-order valence-electron chi connectivity index (χ0n) is 16.2. The average molecular weight is 404 g/mol. The highest BCUT2D eigenvalue weighted by Gasteiger charge is 2.24. The van der Waals surface area contributed by atoms with Crippen LogP contribution in [0, 0.1) is 5.92 Å². The molecule has 150 valence electrons. The summed E-state index contributed by atoms with van der Waals surface area (Å²) in [7, 11) is 2.08. The summed E-state index contributed by atoms with van der Waals surface area (Å²) >= 11 is 1.14. The predicted molar refractivity (Wildman–Crippen MR) is 106 cm³/mol. The van der Waals surface area contributed by atoms with Crippen molar-refractivity contribution < 1.29 is 19.2 Å². The molecule has 0 radical (unpaired) electrons. The van der Waals surface area contributed by atoms with Gasteiger partial charge in [0.05, 0.1) is 17.9 Å². The zero-order valence-corrected chi connectivity index (χ0v) is 17.0. The summed E-state index contributed by atoms with van der Waals surface area (Å²) in [5.74, 6) is -0.147. The fraction of sp³-hybridized carbons (Fsp3) is 0.474. The summed E-state index contributed by atoms with van der Waals surface area (Å²) in [6.45, 7) is 5.03. The fourth-order valence-corrected chi connectivity index (χ4v) is 3.64. The summed E-state index contributed by atoms with van der Waals surface area (Å²) in [5.41, 5.74) is 1.03. The number of aromatic nitrogens is 2. The lowest BCUT2D eigenvalue weighted by Crippen LogP contribution is -2.64. The van der Waals surface area contributed by atoms with Gasteiger partial charge in [-0.2, -0.15) is 5.01 Å². The normalized spacial score (nSPS) is 16.9. The van der Waals surface area contributed by atoms with E-state index in [2.05, 4.69) is 22.2 Å². The monoisotopic (exact) mass is 403 g/mol. The molecule has 0 N–H and O–H groups in total. The van der Waals surface area contributed by atoms with Gasteiger partial charge < -0.3 is 10.0 Å². The molecule has 1 unspecified atom stereocenters. The van der Waals surface area contributed by atoms with Crippen molar-refractivity contribution in [1.82, 2.24) is 10.2 Å². The zero-order chi connectivity index (χ0) is 19.9. The maximum Gasteiger partial charge on any atom is 0.324 e. The van der Waals surface area contributed by atoms with Crippen LogP contribution >= 0.6 is 11.8 Å². The van der Waals surface area contributed by atoms with Crippen LogP contribution in [0.15, 0.2) is 46.0 Å². The lowest BCUT2D eigenvalue weighted by molar-refractivity contribution is -0.759. The van der Waals surface area contributed by atoms with E-state index in [1.807, 2.05) is 35.3 Å². The van der Waals surface area contributed by atoms with Gasteiger partial charge in [-0.3, -0.25) is 9.32 Å². The van der Waals surface area contributed by atoms with Crippen LogP contribution in [-0.4, -0.2) is 60.2 Å². The van der Waals surface area contributed by atoms with Gasteiger partial charge in [-0.1, -0.05) is 42.1 Å². The van der Waals surface area contributed by atoms with Crippen LogP contribution < -0.4 is 14.9 Å². The Balaban J connectivity index is 1.71. The van der Waals surface area contributed by atoms with Crippen LogP contribution in [0.25, 0.3) is 0 Å². The molecule has 1 aromatic heterocycles. The van der Waals surface area contributed by atoms with Gasteiger partial charge in [0.1, 0.15) is 0 Å². The first-order chi connectivity index (χ1) is 13.5. The highest BCUT2D eigenvalue weighted by atomic mass is 32.2. The quantitative estimate of drug-likeness (QED) is 0.375. The Morgan fingerprint density at radius 2 is 2.04 bits per heavy atom. The highest BCUT2D eigenvalue weighted by Crippen LogP contribution is 2.18. The third-order valence-electron chi connectivity index (χ3n) is 4.60. The molecule has 2 aromatic rings. The Morgan fingerprint density at radius 3 is 2.71 bits per heavy atom.